The average Bonchev–Trinajstić information content (AvgIpc) is 2.99. The highest BCUT2D eigenvalue weighted by Gasteiger charge is 2.34. The Morgan fingerprint density at radius 1 is 1.14 bits per heavy atom. The minimum atomic E-state index is -0.712. The lowest BCUT2D eigenvalue weighted by Gasteiger charge is -2.38. The average molecular weight is 504 g/mol. The molecule has 10 nitrogen and oxygen atoms in total. The van der Waals surface area contributed by atoms with Crippen LogP contribution in [0.3, 0.4) is 0 Å². The molecule has 5 amide bonds. The zero-order valence-corrected chi connectivity index (χ0v) is 21.3. The molecule has 35 heavy (non-hydrogen) atoms. The topological polar surface area (TPSA) is 115 Å². The summed E-state index contributed by atoms with van der Waals surface area (Å²) in [7, 11) is 3.22. The van der Waals surface area contributed by atoms with E-state index >= 15 is 0 Å². The number of hydrogen-bond donors (Lipinski definition) is 2. The van der Waals surface area contributed by atoms with Gasteiger partial charge in [0, 0.05) is 63.1 Å². The molecule has 11 heteroatoms. The van der Waals surface area contributed by atoms with Gasteiger partial charge in [0.05, 0.1) is 11.5 Å². The summed E-state index contributed by atoms with van der Waals surface area (Å²) in [6.07, 6.45) is 1.99. The second-order valence-electron chi connectivity index (χ2n) is 9.00. The summed E-state index contributed by atoms with van der Waals surface area (Å²) in [5.41, 5.74) is 8.02. The molecule has 0 aromatic heterocycles. The number of halogens is 1. The SMILES string of the molecule is C=C(c1ccc(Cl)cc1N=C(C)N)N1CCN(C(=O)NC2CCCCN(C(=O)N(C)C)C2=O)CC1. The van der Waals surface area contributed by atoms with E-state index in [-0.39, 0.29) is 18.0 Å². The van der Waals surface area contributed by atoms with Crippen LogP contribution in [-0.2, 0) is 4.79 Å². The fraction of sp³-hybridized carbons (Fsp3) is 0.500. The maximum Gasteiger partial charge on any atom is 0.326 e. The van der Waals surface area contributed by atoms with Gasteiger partial charge in [0.15, 0.2) is 0 Å². The van der Waals surface area contributed by atoms with E-state index in [2.05, 4.69) is 21.8 Å². The molecule has 3 N–H and O–H groups in total. The number of carbonyl (C=O) groups excluding carboxylic acids is 3. The molecule has 1 unspecified atom stereocenters. The van der Waals surface area contributed by atoms with Crippen LogP contribution < -0.4 is 11.1 Å². The lowest BCUT2D eigenvalue weighted by atomic mass is 10.1. The van der Waals surface area contributed by atoms with Crippen LogP contribution in [0.2, 0.25) is 5.02 Å². The fourth-order valence-electron chi connectivity index (χ4n) is 4.23. The van der Waals surface area contributed by atoms with Crippen molar-refractivity contribution in [2.45, 2.75) is 32.2 Å². The predicted molar refractivity (Wildman–Crippen MR) is 138 cm³/mol. The Balaban J connectivity index is 1.61. The number of nitrogens with two attached hydrogens (primary N) is 1. The number of aliphatic imine (C=N–C) groups is 1. The van der Waals surface area contributed by atoms with E-state index in [0.717, 1.165) is 24.1 Å². The number of hydrogen-bond acceptors (Lipinski definition) is 5. The number of nitrogens with one attached hydrogen (secondary N) is 1. The smallest absolute Gasteiger partial charge is 0.326 e. The Bertz CT molecular complexity index is 1010. The van der Waals surface area contributed by atoms with Crippen LogP contribution in [0.4, 0.5) is 15.3 Å². The second-order valence-corrected chi connectivity index (χ2v) is 9.44. The van der Waals surface area contributed by atoms with Crippen molar-refractivity contribution in [2.75, 3.05) is 46.8 Å². The third-order valence-corrected chi connectivity index (χ3v) is 6.35. The lowest BCUT2D eigenvalue weighted by Crippen LogP contribution is -2.56. The number of likely N-dealkylation sites (tertiary alicyclic amines) is 1. The summed E-state index contributed by atoms with van der Waals surface area (Å²) in [5.74, 6) is 0.0642. The van der Waals surface area contributed by atoms with Crippen molar-refractivity contribution in [1.29, 1.82) is 0 Å². The predicted octanol–water partition coefficient (Wildman–Crippen LogP) is 2.71. The van der Waals surface area contributed by atoms with Crippen LogP contribution in [0.15, 0.2) is 29.8 Å². The molecule has 1 aromatic rings. The molecule has 2 saturated heterocycles. The van der Waals surface area contributed by atoms with Crippen molar-refractivity contribution in [1.82, 2.24) is 24.9 Å². The van der Waals surface area contributed by atoms with Gasteiger partial charge in [-0.05, 0) is 44.4 Å². The molecule has 0 aliphatic carbocycles. The Morgan fingerprint density at radius 3 is 2.43 bits per heavy atom. The Hall–Kier alpha value is -3.27. The number of rotatable bonds is 4. The molecule has 190 valence electrons. The molecule has 0 saturated carbocycles. The van der Waals surface area contributed by atoms with Gasteiger partial charge in [-0.3, -0.25) is 9.69 Å². The van der Waals surface area contributed by atoms with E-state index in [0.29, 0.717) is 55.7 Å². The van der Waals surface area contributed by atoms with Crippen molar-refractivity contribution in [3.8, 4) is 0 Å². The van der Waals surface area contributed by atoms with E-state index in [1.165, 1.54) is 9.80 Å². The highest BCUT2D eigenvalue weighted by atomic mass is 35.5. The molecule has 2 fully saturated rings. The quantitative estimate of drug-likeness (QED) is 0.484. The van der Waals surface area contributed by atoms with Crippen LogP contribution in [0.1, 0.15) is 31.7 Å². The summed E-state index contributed by atoms with van der Waals surface area (Å²) in [6.45, 7) is 8.39. The monoisotopic (exact) mass is 503 g/mol. The summed E-state index contributed by atoms with van der Waals surface area (Å²) >= 11 is 6.13. The Kier molecular flexibility index (Phi) is 8.61. The molecule has 2 heterocycles. The molecule has 0 spiro atoms. The van der Waals surface area contributed by atoms with Crippen LogP contribution in [0.25, 0.3) is 5.70 Å². The molecular weight excluding hydrogens is 470 g/mol. The number of urea groups is 2. The number of amides is 5. The van der Waals surface area contributed by atoms with Gasteiger partial charge >= 0.3 is 12.1 Å². The molecule has 3 rings (SSSR count). The minimum Gasteiger partial charge on any atom is -0.387 e. The molecule has 1 atom stereocenters. The Morgan fingerprint density at radius 2 is 1.80 bits per heavy atom. The standard InChI is InChI=1S/C24H34ClN7O3/c1-16(19-9-8-18(25)15-21(19)27-17(2)26)30-11-13-31(14-12-30)23(34)28-20-7-5-6-10-32(22(20)33)24(35)29(3)4/h8-9,15,20H,1,5-7,10-14H2,2-4H3,(H2,26,27)(H,28,34). The third-order valence-electron chi connectivity index (χ3n) is 6.12. The third kappa shape index (κ3) is 6.45. The van der Waals surface area contributed by atoms with E-state index in [4.69, 9.17) is 17.3 Å². The van der Waals surface area contributed by atoms with Gasteiger partial charge < -0.3 is 25.8 Å². The molecule has 2 aliphatic heterocycles. The number of piperazine rings is 1. The summed E-state index contributed by atoms with van der Waals surface area (Å²) in [5, 5.41) is 3.41. The maximum atomic E-state index is 13.0. The molecule has 0 radical (unpaired) electrons. The number of nitrogens with zero attached hydrogens (tertiary/aromatic N) is 5. The first-order chi connectivity index (χ1) is 16.6. The first-order valence-electron chi connectivity index (χ1n) is 11.7. The van der Waals surface area contributed by atoms with E-state index < -0.39 is 6.04 Å². The van der Waals surface area contributed by atoms with Gasteiger partial charge in [-0.15, -0.1) is 0 Å². The zero-order valence-electron chi connectivity index (χ0n) is 20.6. The van der Waals surface area contributed by atoms with Gasteiger partial charge in [-0.1, -0.05) is 18.2 Å². The van der Waals surface area contributed by atoms with Crippen molar-refractivity contribution in [3.63, 3.8) is 0 Å². The molecule has 1 aromatic carbocycles. The molecule has 0 bridgehead atoms. The number of carbonyl (C=O) groups is 3. The van der Waals surface area contributed by atoms with Gasteiger partial charge in [-0.2, -0.15) is 0 Å². The van der Waals surface area contributed by atoms with Crippen molar-refractivity contribution in [3.05, 3.63) is 35.4 Å². The highest BCUT2D eigenvalue weighted by Crippen LogP contribution is 2.31. The Labute approximate surface area is 211 Å². The van der Waals surface area contributed by atoms with E-state index in [9.17, 15) is 14.4 Å². The van der Waals surface area contributed by atoms with Crippen LogP contribution in [0, 0.1) is 0 Å². The minimum absolute atomic E-state index is 0.302. The van der Waals surface area contributed by atoms with Crippen LogP contribution in [-0.4, -0.2) is 96.3 Å². The van der Waals surface area contributed by atoms with Gasteiger partial charge in [0.2, 0.25) is 0 Å². The largest absolute Gasteiger partial charge is 0.387 e. The first kappa shape index (κ1) is 26.3. The zero-order chi connectivity index (χ0) is 25.7. The second kappa shape index (κ2) is 11.4. The van der Waals surface area contributed by atoms with Crippen molar-refractivity contribution in [2.24, 2.45) is 10.7 Å². The molecular formula is C24H34ClN7O3. The van der Waals surface area contributed by atoms with Crippen molar-refractivity contribution < 1.29 is 14.4 Å². The van der Waals surface area contributed by atoms with E-state index in [1.807, 2.05) is 6.07 Å². The highest BCUT2D eigenvalue weighted by molar-refractivity contribution is 6.31. The van der Waals surface area contributed by atoms with Crippen LogP contribution >= 0.6 is 11.6 Å². The van der Waals surface area contributed by atoms with Crippen LogP contribution in [0.5, 0.6) is 0 Å². The number of amidine groups is 1. The number of imide groups is 1. The normalized spacial score (nSPS) is 19.3. The first-order valence-corrected chi connectivity index (χ1v) is 12.1. The van der Waals surface area contributed by atoms with E-state index in [1.54, 1.807) is 38.1 Å². The lowest BCUT2D eigenvalue weighted by molar-refractivity contribution is -0.130. The van der Waals surface area contributed by atoms with Gasteiger partial charge in [0.25, 0.3) is 5.91 Å². The number of benzene rings is 1. The summed E-state index contributed by atoms with van der Waals surface area (Å²) < 4.78 is 0. The summed E-state index contributed by atoms with van der Waals surface area (Å²) in [4.78, 5) is 49.0. The maximum absolute atomic E-state index is 13.0. The van der Waals surface area contributed by atoms with Gasteiger partial charge in [0.1, 0.15) is 6.04 Å². The van der Waals surface area contributed by atoms with Gasteiger partial charge in [-0.25, -0.2) is 14.6 Å². The van der Waals surface area contributed by atoms with Crippen molar-refractivity contribution >= 4 is 46.8 Å². The summed E-state index contributed by atoms with van der Waals surface area (Å²) in [6, 6.07) is 4.02. The molecule has 2 aliphatic rings. The fourth-order valence-corrected chi connectivity index (χ4v) is 4.39.